The third-order valence-electron chi connectivity index (χ3n) is 2.33. The van der Waals surface area contributed by atoms with Crippen LogP contribution < -0.4 is 10.6 Å². The predicted octanol–water partition coefficient (Wildman–Crippen LogP) is 2.68. The van der Waals surface area contributed by atoms with Gasteiger partial charge in [0.15, 0.2) is 0 Å². The summed E-state index contributed by atoms with van der Waals surface area (Å²) < 4.78 is 12.5. The molecule has 0 N–H and O–H groups in total. The molecular weight excluding hydrogens is 221 g/mol. The van der Waals surface area contributed by atoms with E-state index in [1.54, 1.807) is 48.5 Å². The van der Waals surface area contributed by atoms with E-state index in [2.05, 4.69) is 4.95 Å². The smallest absolute Gasteiger partial charge is 0.285 e. The van der Waals surface area contributed by atoms with Crippen LogP contribution in [-0.2, 0) is 4.57 Å². The SMILES string of the molecule is O=NP(=O)(c1ccccc1)c1ccccc1. The van der Waals surface area contributed by atoms with Gasteiger partial charge in [-0.1, -0.05) is 36.4 Å². The molecule has 0 fully saturated rings. The second kappa shape index (κ2) is 4.42. The minimum absolute atomic E-state index is 0.469. The Morgan fingerprint density at radius 3 is 1.44 bits per heavy atom. The summed E-state index contributed by atoms with van der Waals surface area (Å²) in [5.41, 5.74) is 0. The molecular formula is C12H10NO2P. The first-order chi connectivity index (χ1) is 7.77. The molecule has 2 aromatic carbocycles. The van der Waals surface area contributed by atoms with Gasteiger partial charge >= 0.3 is 0 Å². The van der Waals surface area contributed by atoms with Crippen molar-refractivity contribution < 1.29 is 4.57 Å². The lowest BCUT2D eigenvalue weighted by Gasteiger charge is -2.09. The monoisotopic (exact) mass is 231 g/mol. The third-order valence-corrected chi connectivity index (χ3v) is 4.55. The van der Waals surface area contributed by atoms with Crippen LogP contribution >= 0.6 is 7.29 Å². The van der Waals surface area contributed by atoms with Crippen molar-refractivity contribution in [2.75, 3.05) is 0 Å². The summed E-state index contributed by atoms with van der Waals surface area (Å²) in [4.78, 5) is 13.8. The van der Waals surface area contributed by atoms with Crippen LogP contribution in [0.5, 0.6) is 0 Å². The molecule has 16 heavy (non-hydrogen) atoms. The Morgan fingerprint density at radius 1 is 0.750 bits per heavy atom. The van der Waals surface area contributed by atoms with Crippen LogP contribution in [0.15, 0.2) is 65.6 Å². The molecule has 0 spiro atoms. The molecule has 0 aliphatic carbocycles. The highest BCUT2D eigenvalue weighted by atomic mass is 31.2. The normalized spacial score (nSPS) is 11.0. The maximum absolute atomic E-state index is 12.5. The molecule has 0 amide bonds. The summed E-state index contributed by atoms with van der Waals surface area (Å²) in [5, 5.41) is 0.937. The van der Waals surface area contributed by atoms with Gasteiger partial charge in [-0.3, -0.25) is 4.57 Å². The summed E-state index contributed by atoms with van der Waals surface area (Å²) in [6, 6.07) is 17.3. The summed E-state index contributed by atoms with van der Waals surface area (Å²) in [6.45, 7) is 0. The lowest BCUT2D eigenvalue weighted by atomic mass is 10.4. The number of benzene rings is 2. The number of nitroso groups, excluding NO2 is 1. The van der Waals surface area contributed by atoms with Crippen LogP contribution in [0.3, 0.4) is 0 Å². The van der Waals surface area contributed by atoms with Crippen LogP contribution in [0.25, 0.3) is 0 Å². The highest BCUT2D eigenvalue weighted by molar-refractivity contribution is 7.77. The van der Waals surface area contributed by atoms with Crippen molar-refractivity contribution in [3.63, 3.8) is 0 Å². The van der Waals surface area contributed by atoms with Gasteiger partial charge in [-0.05, 0) is 24.3 Å². The number of rotatable bonds is 3. The van der Waals surface area contributed by atoms with Crippen LogP contribution in [0.2, 0.25) is 0 Å². The first-order valence-corrected chi connectivity index (χ1v) is 6.49. The Morgan fingerprint density at radius 2 is 1.12 bits per heavy atom. The van der Waals surface area contributed by atoms with Gasteiger partial charge in [0.05, 0.1) is 0 Å². The van der Waals surface area contributed by atoms with Gasteiger partial charge in [-0.2, -0.15) is 0 Å². The van der Waals surface area contributed by atoms with Gasteiger partial charge in [0.1, 0.15) is 0 Å². The maximum Gasteiger partial charge on any atom is 0.288 e. The fraction of sp³-hybridized carbons (Fsp3) is 0. The van der Waals surface area contributed by atoms with Crippen LogP contribution in [0, 0.1) is 4.91 Å². The zero-order valence-corrected chi connectivity index (χ0v) is 9.38. The molecule has 3 nitrogen and oxygen atoms in total. The van der Waals surface area contributed by atoms with Gasteiger partial charge in [-0.15, -0.1) is 4.91 Å². The van der Waals surface area contributed by atoms with Crippen molar-refractivity contribution >= 4 is 17.9 Å². The second-order valence-electron chi connectivity index (χ2n) is 3.33. The zero-order valence-electron chi connectivity index (χ0n) is 8.48. The number of hydrogen-bond donors (Lipinski definition) is 0. The Kier molecular flexibility index (Phi) is 2.97. The molecule has 0 radical (unpaired) electrons. The molecule has 2 rings (SSSR count). The predicted molar refractivity (Wildman–Crippen MR) is 65.6 cm³/mol. The van der Waals surface area contributed by atoms with Crippen molar-refractivity contribution in [1.29, 1.82) is 0 Å². The van der Waals surface area contributed by atoms with E-state index in [0.29, 0.717) is 10.6 Å². The minimum Gasteiger partial charge on any atom is -0.285 e. The van der Waals surface area contributed by atoms with Crippen molar-refractivity contribution in [3.8, 4) is 0 Å². The Balaban J connectivity index is 2.58. The van der Waals surface area contributed by atoms with Gasteiger partial charge in [0.25, 0.3) is 7.29 Å². The lowest BCUT2D eigenvalue weighted by molar-refractivity contribution is 0.588. The van der Waals surface area contributed by atoms with Crippen LogP contribution in [0.4, 0.5) is 0 Å². The zero-order chi connectivity index (χ0) is 11.4. The van der Waals surface area contributed by atoms with E-state index in [4.69, 9.17) is 0 Å². The summed E-state index contributed by atoms with van der Waals surface area (Å²) >= 11 is 0. The Hall–Kier alpha value is -1.73. The van der Waals surface area contributed by atoms with E-state index < -0.39 is 7.29 Å². The van der Waals surface area contributed by atoms with Crippen LogP contribution in [0.1, 0.15) is 0 Å². The summed E-state index contributed by atoms with van der Waals surface area (Å²) in [6.07, 6.45) is 0. The highest BCUT2D eigenvalue weighted by Gasteiger charge is 2.27. The number of hydrogen-bond acceptors (Lipinski definition) is 2. The molecule has 0 saturated heterocycles. The van der Waals surface area contributed by atoms with Gasteiger partial charge in [0, 0.05) is 15.6 Å². The minimum atomic E-state index is -3.34. The van der Waals surface area contributed by atoms with Gasteiger partial charge in [0.2, 0.25) is 0 Å². The highest BCUT2D eigenvalue weighted by Crippen LogP contribution is 2.44. The quantitative estimate of drug-likeness (QED) is 0.602. The summed E-state index contributed by atoms with van der Waals surface area (Å²) in [7, 11) is -3.34. The van der Waals surface area contributed by atoms with Crippen molar-refractivity contribution in [2.24, 2.45) is 4.95 Å². The van der Waals surface area contributed by atoms with Crippen LogP contribution in [-0.4, -0.2) is 0 Å². The molecule has 0 aliphatic heterocycles. The van der Waals surface area contributed by atoms with E-state index in [1.807, 2.05) is 12.1 Å². The van der Waals surface area contributed by atoms with E-state index in [9.17, 15) is 9.47 Å². The molecule has 0 bridgehead atoms. The lowest BCUT2D eigenvalue weighted by Crippen LogP contribution is -2.13. The van der Waals surface area contributed by atoms with E-state index >= 15 is 0 Å². The fourth-order valence-corrected chi connectivity index (χ4v) is 3.14. The second-order valence-corrected chi connectivity index (χ2v) is 5.68. The molecule has 0 aliphatic rings. The standard InChI is InChI=1S/C12H10NO2P/c14-13-16(15,11-7-3-1-4-8-11)12-9-5-2-6-10-12/h1-10H. The first kappa shape index (κ1) is 10.8. The van der Waals surface area contributed by atoms with Gasteiger partial charge < -0.3 is 0 Å². The maximum atomic E-state index is 12.5. The molecule has 0 saturated carbocycles. The van der Waals surface area contributed by atoms with Crippen molar-refractivity contribution in [1.82, 2.24) is 0 Å². The summed E-state index contributed by atoms with van der Waals surface area (Å²) in [5.74, 6) is 0. The Labute approximate surface area is 93.5 Å². The molecule has 0 heterocycles. The van der Waals surface area contributed by atoms with Crippen molar-refractivity contribution in [2.45, 2.75) is 0 Å². The molecule has 0 aromatic heterocycles. The number of nitrogens with zero attached hydrogens (tertiary/aromatic N) is 1. The van der Waals surface area contributed by atoms with E-state index in [1.165, 1.54) is 0 Å². The Bertz CT molecular complexity index is 482. The van der Waals surface area contributed by atoms with Gasteiger partial charge in [-0.25, -0.2) is 0 Å². The van der Waals surface area contributed by atoms with E-state index in [-0.39, 0.29) is 0 Å². The average molecular weight is 231 g/mol. The fourth-order valence-electron chi connectivity index (χ4n) is 1.50. The van der Waals surface area contributed by atoms with Crippen molar-refractivity contribution in [3.05, 3.63) is 65.6 Å². The van der Waals surface area contributed by atoms with E-state index in [0.717, 1.165) is 0 Å². The largest absolute Gasteiger partial charge is 0.288 e. The molecule has 4 heteroatoms. The average Bonchev–Trinajstić information content (AvgIpc) is 2.40. The molecule has 0 unspecified atom stereocenters. The molecule has 2 aromatic rings. The molecule has 80 valence electrons. The topological polar surface area (TPSA) is 46.5 Å². The molecule has 0 atom stereocenters. The third kappa shape index (κ3) is 1.82. The first-order valence-electron chi connectivity index (χ1n) is 4.83.